The SMILES string of the molecule is CN(CC(=O)O)C(=O)CC[C@@H](NC(=O)c1cc(Cl)cc(Cl)c1)C(=O)N1CCC2(CCCC2)CC1. The van der Waals surface area contributed by atoms with Crippen molar-refractivity contribution in [3.05, 3.63) is 33.8 Å². The summed E-state index contributed by atoms with van der Waals surface area (Å²) in [6.45, 7) is 0.821. The average Bonchev–Trinajstić information content (AvgIpc) is 3.23. The van der Waals surface area contributed by atoms with Crippen LogP contribution in [0.4, 0.5) is 0 Å². The molecule has 0 radical (unpaired) electrons. The summed E-state index contributed by atoms with van der Waals surface area (Å²) in [4.78, 5) is 52.4. The first kappa shape index (κ1) is 26.3. The number of amides is 3. The lowest BCUT2D eigenvalue weighted by molar-refractivity contribution is -0.143. The smallest absolute Gasteiger partial charge is 0.323 e. The first-order valence-corrected chi connectivity index (χ1v) is 12.4. The Bertz CT molecular complexity index is 918. The molecule has 1 saturated heterocycles. The first-order chi connectivity index (χ1) is 16.1. The van der Waals surface area contributed by atoms with E-state index in [0.29, 0.717) is 28.5 Å². The molecule has 0 aromatic heterocycles. The number of hydrogen-bond donors (Lipinski definition) is 2. The summed E-state index contributed by atoms with van der Waals surface area (Å²) in [5, 5.41) is 12.2. The summed E-state index contributed by atoms with van der Waals surface area (Å²) in [6.07, 6.45) is 6.76. The number of carboxylic acids is 1. The molecule has 1 aromatic rings. The molecule has 2 aliphatic rings. The van der Waals surface area contributed by atoms with Crippen LogP contribution in [0.2, 0.25) is 10.0 Å². The van der Waals surface area contributed by atoms with E-state index in [1.165, 1.54) is 50.9 Å². The lowest BCUT2D eigenvalue weighted by Crippen LogP contribution is -2.52. The molecule has 2 N–H and O–H groups in total. The molecule has 0 unspecified atom stereocenters. The number of carboxylic acid groups (broad SMARTS) is 1. The van der Waals surface area contributed by atoms with Crippen LogP contribution in [0.25, 0.3) is 0 Å². The Morgan fingerprint density at radius 2 is 1.65 bits per heavy atom. The largest absolute Gasteiger partial charge is 0.480 e. The number of piperidine rings is 1. The molecular formula is C24H31Cl2N3O5. The highest BCUT2D eigenvalue weighted by atomic mass is 35.5. The summed E-state index contributed by atoms with van der Waals surface area (Å²) in [7, 11) is 1.39. The van der Waals surface area contributed by atoms with E-state index >= 15 is 0 Å². The highest BCUT2D eigenvalue weighted by molar-refractivity contribution is 6.35. The molecule has 3 amide bonds. The van der Waals surface area contributed by atoms with Gasteiger partial charge in [-0.15, -0.1) is 0 Å². The quantitative estimate of drug-likeness (QED) is 0.554. The molecule has 1 spiro atoms. The molecule has 10 heteroatoms. The molecule has 3 rings (SSSR count). The molecular weight excluding hydrogens is 481 g/mol. The molecule has 1 heterocycles. The van der Waals surface area contributed by atoms with Gasteiger partial charge in [-0.25, -0.2) is 0 Å². The van der Waals surface area contributed by atoms with Crippen molar-refractivity contribution in [2.24, 2.45) is 5.41 Å². The average molecular weight is 512 g/mol. The van der Waals surface area contributed by atoms with Gasteiger partial charge in [-0.2, -0.15) is 0 Å². The fourth-order valence-corrected chi connectivity index (χ4v) is 5.51. The molecule has 1 aromatic carbocycles. The maximum atomic E-state index is 13.4. The van der Waals surface area contributed by atoms with Gasteiger partial charge >= 0.3 is 5.97 Å². The van der Waals surface area contributed by atoms with Gasteiger partial charge in [0, 0.05) is 42.2 Å². The minimum Gasteiger partial charge on any atom is -0.480 e. The summed E-state index contributed by atoms with van der Waals surface area (Å²) in [6, 6.07) is 3.50. The van der Waals surface area contributed by atoms with E-state index in [2.05, 4.69) is 5.32 Å². The number of carbonyl (C=O) groups excluding carboxylic acids is 3. The van der Waals surface area contributed by atoms with Crippen LogP contribution in [-0.2, 0) is 14.4 Å². The lowest BCUT2D eigenvalue weighted by Gasteiger charge is -2.40. The zero-order valence-electron chi connectivity index (χ0n) is 19.3. The molecule has 1 atom stereocenters. The highest BCUT2D eigenvalue weighted by Gasteiger charge is 2.39. The Morgan fingerprint density at radius 3 is 2.21 bits per heavy atom. The van der Waals surface area contributed by atoms with Crippen LogP contribution in [0, 0.1) is 5.41 Å². The van der Waals surface area contributed by atoms with Crippen LogP contribution in [0.15, 0.2) is 18.2 Å². The standard InChI is InChI=1S/C24H31Cl2N3O5/c1-28(15-21(31)32)20(30)5-4-19(27-22(33)16-12-17(25)14-18(26)13-16)23(34)29-10-8-24(9-11-29)6-2-3-7-24/h12-14,19H,2-11,15H2,1H3,(H,27,33)(H,31,32)/t19-/m1/s1. The fraction of sp³-hybridized carbons (Fsp3) is 0.583. The predicted molar refractivity (Wildman–Crippen MR) is 129 cm³/mol. The molecule has 8 nitrogen and oxygen atoms in total. The summed E-state index contributed by atoms with van der Waals surface area (Å²) < 4.78 is 0. The van der Waals surface area contributed by atoms with Crippen molar-refractivity contribution in [3.8, 4) is 0 Å². The second kappa shape index (κ2) is 11.4. The zero-order valence-corrected chi connectivity index (χ0v) is 20.8. The molecule has 0 bridgehead atoms. The van der Waals surface area contributed by atoms with Gasteiger partial charge in [-0.1, -0.05) is 36.0 Å². The van der Waals surface area contributed by atoms with Crippen molar-refractivity contribution in [3.63, 3.8) is 0 Å². The van der Waals surface area contributed by atoms with E-state index in [4.69, 9.17) is 28.3 Å². The third-order valence-electron chi connectivity index (χ3n) is 6.97. The number of hydrogen-bond acceptors (Lipinski definition) is 4. The lowest BCUT2D eigenvalue weighted by atomic mass is 9.77. The number of likely N-dealkylation sites (N-methyl/N-ethyl adjacent to an activating group) is 1. The summed E-state index contributed by atoms with van der Waals surface area (Å²) in [5.41, 5.74) is 0.552. The Hall–Kier alpha value is -2.32. The second-order valence-electron chi connectivity index (χ2n) is 9.40. The van der Waals surface area contributed by atoms with E-state index < -0.39 is 30.4 Å². The van der Waals surface area contributed by atoms with Crippen molar-refractivity contribution < 1.29 is 24.3 Å². The topological polar surface area (TPSA) is 107 Å². The van der Waals surface area contributed by atoms with Crippen molar-refractivity contribution in [2.75, 3.05) is 26.7 Å². The van der Waals surface area contributed by atoms with Gasteiger partial charge in [-0.3, -0.25) is 19.2 Å². The third kappa shape index (κ3) is 6.85. The van der Waals surface area contributed by atoms with Crippen molar-refractivity contribution in [1.82, 2.24) is 15.1 Å². The number of carbonyl (C=O) groups is 4. The van der Waals surface area contributed by atoms with E-state index in [9.17, 15) is 19.2 Å². The van der Waals surface area contributed by atoms with Gasteiger partial charge in [0.15, 0.2) is 0 Å². The summed E-state index contributed by atoms with van der Waals surface area (Å²) >= 11 is 12.0. The Morgan fingerprint density at radius 1 is 1.06 bits per heavy atom. The number of benzene rings is 1. The zero-order chi connectivity index (χ0) is 24.9. The third-order valence-corrected chi connectivity index (χ3v) is 7.41. The summed E-state index contributed by atoms with van der Waals surface area (Å²) in [5.74, 6) is -2.28. The van der Waals surface area contributed by atoms with Gasteiger partial charge in [0.2, 0.25) is 11.8 Å². The van der Waals surface area contributed by atoms with Crippen molar-refractivity contribution >= 4 is 46.9 Å². The number of halogens is 2. The number of nitrogens with one attached hydrogen (secondary N) is 1. The second-order valence-corrected chi connectivity index (χ2v) is 10.3. The monoisotopic (exact) mass is 511 g/mol. The van der Waals surface area contributed by atoms with Gasteiger partial charge in [-0.05, 0) is 55.7 Å². The van der Waals surface area contributed by atoms with Crippen LogP contribution in [0.1, 0.15) is 61.7 Å². The van der Waals surface area contributed by atoms with Gasteiger partial charge in [0.1, 0.15) is 12.6 Å². The molecule has 34 heavy (non-hydrogen) atoms. The predicted octanol–water partition coefficient (Wildman–Crippen LogP) is 3.60. The molecule has 186 valence electrons. The Labute approximate surface area is 209 Å². The number of rotatable bonds is 8. The minimum atomic E-state index is -1.12. The molecule has 1 aliphatic carbocycles. The molecule has 1 aliphatic heterocycles. The maximum Gasteiger partial charge on any atom is 0.323 e. The van der Waals surface area contributed by atoms with Crippen LogP contribution < -0.4 is 5.32 Å². The van der Waals surface area contributed by atoms with Crippen molar-refractivity contribution in [1.29, 1.82) is 0 Å². The van der Waals surface area contributed by atoms with Gasteiger partial charge in [0.25, 0.3) is 5.91 Å². The number of aliphatic carboxylic acids is 1. The maximum absolute atomic E-state index is 13.4. The van der Waals surface area contributed by atoms with E-state index in [1.54, 1.807) is 4.90 Å². The van der Waals surface area contributed by atoms with Crippen LogP contribution >= 0.6 is 23.2 Å². The Balaban J connectivity index is 1.70. The normalized spacial score (nSPS) is 17.9. The van der Waals surface area contributed by atoms with E-state index in [1.807, 2.05) is 0 Å². The van der Waals surface area contributed by atoms with E-state index in [-0.39, 0.29) is 24.3 Å². The van der Waals surface area contributed by atoms with Crippen molar-refractivity contribution in [2.45, 2.75) is 57.4 Å². The number of likely N-dealkylation sites (tertiary alicyclic amines) is 1. The Kier molecular flexibility index (Phi) is 8.82. The minimum absolute atomic E-state index is 0.0588. The first-order valence-electron chi connectivity index (χ1n) is 11.6. The van der Waals surface area contributed by atoms with Crippen LogP contribution in [-0.4, -0.2) is 71.3 Å². The number of nitrogens with zero attached hydrogens (tertiary/aromatic N) is 2. The van der Waals surface area contributed by atoms with Crippen LogP contribution in [0.3, 0.4) is 0 Å². The highest BCUT2D eigenvalue weighted by Crippen LogP contribution is 2.46. The molecule has 2 fully saturated rings. The van der Waals surface area contributed by atoms with E-state index in [0.717, 1.165) is 17.7 Å². The van der Waals surface area contributed by atoms with Crippen LogP contribution in [0.5, 0.6) is 0 Å². The fourth-order valence-electron chi connectivity index (χ4n) is 4.98. The molecule has 1 saturated carbocycles. The van der Waals surface area contributed by atoms with Gasteiger partial charge < -0.3 is 20.2 Å². The van der Waals surface area contributed by atoms with Gasteiger partial charge in [0.05, 0.1) is 0 Å².